The molecule has 0 spiro atoms. The number of ketones is 1. The van der Waals surface area contributed by atoms with E-state index in [2.05, 4.69) is 0 Å². The summed E-state index contributed by atoms with van der Waals surface area (Å²) in [5.41, 5.74) is 6.01. The van der Waals surface area contributed by atoms with Gasteiger partial charge >= 0.3 is 0 Å². The zero-order valence-electron chi connectivity index (χ0n) is 11.6. The second kappa shape index (κ2) is 6.03. The Balaban J connectivity index is 2.13. The molecule has 0 saturated carbocycles. The van der Waals surface area contributed by atoms with E-state index in [0.29, 0.717) is 25.2 Å². The highest BCUT2D eigenvalue weighted by Gasteiger charge is 2.24. The molecule has 4 nitrogen and oxygen atoms in total. The van der Waals surface area contributed by atoms with E-state index in [-0.39, 0.29) is 23.2 Å². The van der Waals surface area contributed by atoms with E-state index in [1.807, 2.05) is 4.90 Å². The van der Waals surface area contributed by atoms with Crippen molar-refractivity contribution < 1.29 is 14.0 Å². The van der Waals surface area contributed by atoms with Crippen LogP contribution in [-0.2, 0) is 4.79 Å². The van der Waals surface area contributed by atoms with E-state index in [4.69, 9.17) is 5.73 Å². The van der Waals surface area contributed by atoms with Crippen molar-refractivity contribution >= 4 is 17.4 Å². The lowest BCUT2D eigenvalue weighted by Crippen LogP contribution is -2.36. The maximum Gasteiger partial charge on any atom is 0.217 e. The van der Waals surface area contributed by atoms with Crippen LogP contribution < -0.4 is 10.6 Å². The van der Waals surface area contributed by atoms with Gasteiger partial charge in [0.15, 0.2) is 5.78 Å². The summed E-state index contributed by atoms with van der Waals surface area (Å²) < 4.78 is 13.8. The summed E-state index contributed by atoms with van der Waals surface area (Å²) in [7, 11) is 0. The summed E-state index contributed by atoms with van der Waals surface area (Å²) in [5, 5.41) is 0. The molecule has 0 radical (unpaired) electrons. The first-order valence-electron chi connectivity index (χ1n) is 6.81. The molecule has 0 bridgehead atoms. The fraction of sp³-hybridized carbons (Fsp3) is 0.467. The minimum Gasteiger partial charge on any atom is -0.371 e. The number of rotatable bonds is 4. The summed E-state index contributed by atoms with van der Waals surface area (Å²) in [6.45, 7) is 2.80. The van der Waals surface area contributed by atoms with Crippen LogP contribution >= 0.6 is 0 Å². The van der Waals surface area contributed by atoms with Gasteiger partial charge in [0.05, 0.1) is 11.3 Å². The van der Waals surface area contributed by atoms with Crippen LogP contribution in [0.1, 0.15) is 36.5 Å². The number of hydrogen-bond acceptors (Lipinski definition) is 3. The highest BCUT2D eigenvalue weighted by Crippen LogP contribution is 2.29. The number of carbonyl (C=O) groups excluding carboxylic acids is 2. The van der Waals surface area contributed by atoms with Crippen molar-refractivity contribution in [2.24, 2.45) is 11.7 Å². The third-order valence-corrected chi connectivity index (χ3v) is 3.79. The van der Waals surface area contributed by atoms with E-state index >= 15 is 0 Å². The van der Waals surface area contributed by atoms with Crippen molar-refractivity contribution in [2.45, 2.75) is 26.2 Å². The molecule has 20 heavy (non-hydrogen) atoms. The largest absolute Gasteiger partial charge is 0.371 e. The number of anilines is 1. The van der Waals surface area contributed by atoms with Gasteiger partial charge in [-0.25, -0.2) is 4.39 Å². The van der Waals surface area contributed by atoms with Crippen LogP contribution in [0.2, 0.25) is 0 Å². The van der Waals surface area contributed by atoms with Gasteiger partial charge in [0.25, 0.3) is 0 Å². The Morgan fingerprint density at radius 1 is 1.35 bits per heavy atom. The molecule has 0 atom stereocenters. The van der Waals surface area contributed by atoms with E-state index in [9.17, 15) is 14.0 Å². The van der Waals surface area contributed by atoms with Crippen molar-refractivity contribution in [3.8, 4) is 0 Å². The monoisotopic (exact) mass is 278 g/mol. The zero-order valence-corrected chi connectivity index (χ0v) is 11.6. The molecule has 1 fully saturated rings. The molecule has 0 aliphatic carbocycles. The molecule has 2 rings (SSSR count). The molecule has 1 amide bonds. The lowest BCUT2D eigenvalue weighted by molar-refractivity contribution is -0.119. The standard InChI is InChI=1S/C15H19FN2O2/c1-10(19)15-12(16)3-2-4-13(15)18-7-5-11(6-8-18)9-14(17)20/h2-4,11H,5-9H2,1H3,(H2,17,20). The number of nitrogens with two attached hydrogens (primary N) is 1. The minimum atomic E-state index is -0.478. The van der Waals surface area contributed by atoms with Crippen LogP contribution in [0, 0.1) is 11.7 Å². The fourth-order valence-corrected chi connectivity index (χ4v) is 2.79. The third kappa shape index (κ3) is 3.15. The van der Waals surface area contributed by atoms with E-state index in [0.717, 1.165) is 12.8 Å². The number of carbonyl (C=O) groups is 2. The Hall–Kier alpha value is -1.91. The smallest absolute Gasteiger partial charge is 0.217 e. The van der Waals surface area contributed by atoms with Gasteiger partial charge in [-0.15, -0.1) is 0 Å². The molecule has 1 aliphatic rings. The first-order chi connectivity index (χ1) is 9.49. The molecular weight excluding hydrogens is 259 g/mol. The first kappa shape index (κ1) is 14.5. The second-order valence-electron chi connectivity index (χ2n) is 5.29. The predicted octanol–water partition coefficient (Wildman–Crippen LogP) is 2.12. The number of halogens is 1. The van der Waals surface area contributed by atoms with Gasteiger partial charge < -0.3 is 10.6 Å². The molecular formula is C15H19FN2O2. The zero-order chi connectivity index (χ0) is 14.7. The van der Waals surface area contributed by atoms with Gasteiger partial charge in [-0.1, -0.05) is 6.07 Å². The molecule has 2 N–H and O–H groups in total. The summed E-state index contributed by atoms with van der Waals surface area (Å²) in [6.07, 6.45) is 2.06. The number of primary amides is 1. The summed E-state index contributed by atoms with van der Waals surface area (Å²) in [6, 6.07) is 4.70. The maximum absolute atomic E-state index is 13.8. The molecule has 0 aromatic heterocycles. The first-order valence-corrected chi connectivity index (χ1v) is 6.81. The molecule has 1 aliphatic heterocycles. The Bertz CT molecular complexity index is 523. The van der Waals surface area contributed by atoms with E-state index in [1.54, 1.807) is 12.1 Å². The SMILES string of the molecule is CC(=O)c1c(F)cccc1N1CCC(CC(N)=O)CC1. The topological polar surface area (TPSA) is 63.4 Å². The summed E-state index contributed by atoms with van der Waals surface area (Å²) in [4.78, 5) is 24.5. The Morgan fingerprint density at radius 3 is 2.55 bits per heavy atom. The van der Waals surface area contributed by atoms with Gasteiger partial charge in [0, 0.05) is 19.5 Å². The number of benzene rings is 1. The predicted molar refractivity (Wildman–Crippen MR) is 75.2 cm³/mol. The molecule has 5 heteroatoms. The average molecular weight is 278 g/mol. The van der Waals surface area contributed by atoms with Crippen molar-refractivity contribution in [1.82, 2.24) is 0 Å². The molecule has 1 aromatic carbocycles. The quantitative estimate of drug-likeness (QED) is 0.858. The summed E-state index contributed by atoms with van der Waals surface area (Å²) in [5.74, 6) is -0.733. The fourth-order valence-electron chi connectivity index (χ4n) is 2.79. The average Bonchev–Trinajstić information content (AvgIpc) is 2.38. The van der Waals surface area contributed by atoms with Crippen molar-refractivity contribution in [3.63, 3.8) is 0 Å². The highest BCUT2D eigenvalue weighted by molar-refractivity contribution is 6.00. The van der Waals surface area contributed by atoms with Gasteiger partial charge in [0.1, 0.15) is 5.82 Å². The lowest BCUT2D eigenvalue weighted by atomic mass is 9.92. The van der Waals surface area contributed by atoms with E-state index < -0.39 is 5.82 Å². The number of amides is 1. The molecule has 108 valence electrons. The molecule has 1 saturated heterocycles. The van der Waals surface area contributed by atoms with Crippen LogP contribution in [0.4, 0.5) is 10.1 Å². The number of nitrogens with zero attached hydrogens (tertiary/aromatic N) is 1. The van der Waals surface area contributed by atoms with E-state index in [1.165, 1.54) is 13.0 Å². The minimum absolute atomic E-state index is 0.154. The molecule has 1 aromatic rings. The Labute approximate surface area is 117 Å². The van der Waals surface area contributed by atoms with Crippen LogP contribution in [0.25, 0.3) is 0 Å². The Kier molecular flexibility index (Phi) is 4.37. The number of Topliss-reactive ketones (excluding diaryl/α,β-unsaturated/α-hetero) is 1. The number of piperidine rings is 1. The third-order valence-electron chi connectivity index (χ3n) is 3.79. The van der Waals surface area contributed by atoms with Crippen LogP contribution in [0.3, 0.4) is 0 Å². The summed E-state index contributed by atoms with van der Waals surface area (Å²) >= 11 is 0. The normalized spacial score (nSPS) is 16.2. The Morgan fingerprint density at radius 2 is 2.00 bits per heavy atom. The van der Waals surface area contributed by atoms with Crippen molar-refractivity contribution in [2.75, 3.05) is 18.0 Å². The van der Waals surface area contributed by atoms with Gasteiger partial charge in [-0.3, -0.25) is 9.59 Å². The van der Waals surface area contributed by atoms with Crippen LogP contribution in [0.5, 0.6) is 0 Å². The van der Waals surface area contributed by atoms with Crippen LogP contribution in [0.15, 0.2) is 18.2 Å². The van der Waals surface area contributed by atoms with Gasteiger partial charge in [-0.05, 0) is 37.8 Å². The van der Waals surface area contributed by atoms with Gasteiger partial charge in [0.2, 0.25) is 5.91 Å². The maximum atomic E-state index is 13.8. The van der Waals surface area contributed by atoms with Crippen molar-refractivity contribution in [1.29, 1.82) is 0 Å². The lowest BCUT2D eigenvalue weighted by Gasteiger charge is -2.34. The molecule has 0 unspecified atom stereocenters. The van der Waals surface area contributed by atoms with Crippen LogP contribution in [-0.4, -0.2) is 24.8 Å². The highest BCUT2D eigenvalue weighted by atomic mass is 19.1. The second-order valence-corrected chi connectivity index (χ2v) is 5.29. The number of hydrogen-bond donors (Lipinski definition) is 1. The van der Waals surface area contributed by atoms with Crippen molar-refractivity contribution in [3.05, 3.63) is 29.6 Å². The van der Waals surface area contributed by atoms with Gasteiger partial charge in [-0.2, -0.15) is 0 Å². The molecule has 1 heterocycles.